The number of nitrogens with one attached hydrogen (secondary N) is 1. The van der Waals surface area contributed by atoms with Crippen molar-refractivity contribution in [1.29, 1.82) is 0 Å². The van der Waals surface area contributed by atoms with Crippen LogP contribution >= 0.6 is 0 Å². The Morgan fingerprint density at radius 1 is 0.931 bits per heavy atom. The summed E-state index contributed by atoms with van der Waals surface area (Å²) in [6.07, 6.45) is 0. The molecule has 1 aliphatic rings. The third kappa shape index (κ3) is 5.23. The standard InChI is InChI=1S/C22H29N3O3S/c1-17-4-8-21(9-5-17)29(27,28)25-14-12-24(13-15-25)11-10-23-22(26)20-7-6-18(2)19(3)16-20/h4-9,16H,10-15H2,1-3H3,(H,23,26). The Bertz CT molecular complexity index is 963. The average molecular weight is 416 g/mol. The number of hydrogen-bond acceptors (Lipinski definition) is 4. The van der Waals surface area contributed by atoms with Gasteiger partial charge >= 0.3 is 0 Å². The van der Waals surface area contributed by atoms with Gasteiger partial charge in [-0.3, -0.25) is 9.69 Å². The number of nitrogens with zero attached hydrogens (tertiary/aromatic N) is 2. The van der Waals surface area contributed by atoms with Gasteiger partial charge in [-0.25, -0.2) is 8.42 Å². The molecule has 156 valence electrons. The van der Waals surface area contributed by atoms with Gasteiger partial charge in [0.2, 0.25) is 10.0 Å². The van der Waals surface area contributed by atoms with Crippen LogP contribution in [0, 0.1) is 20.8 Å². The summed E-state index contributed by atoms with van der Waals surface area (Å²) in [5.41, 5.74) is 3.97. The largest absolute Gasteiger partial charge is 0.351 e. The zero-order valence-electron chi connectivity index (χ0n) is 17.3. The molecule has 1 heterocycles. The number of amides is 1. The van der Waals surface area contributed by atoms with Crippen molar-refractivity contribution in [3.05, 3.63) is 64.7 Å². The molecule has 1 aliphatic heterocycles. The molecule has 0 spiro atoms. The number of benzene rings is 2. The molecule has 1 saturated heterocycles. The third-order valence-electron chi connectivity index (χ3n) is 5.47. The Balaban J connectivity index is 1.46. The Labute approximate surface area is 173 Å². The quantitative estimate of drug-likeness (QED) is 0.786. The maximum absolute atomic E-state index is 12.8. The monoisotopic (exact) mass is 415 g/mol. The number of rotatable bonds is 6. The van der Waals surface area contributed by atoms with Crippen LogP contribution < -0.4 is 5.32 Å². The van der Waals surface area contributed by atoms with E-state index in [0.29, 0.717) is 49.7 Å². The van der Waals surface area contributed by atoms with E-state index < -0.39 is 10.0 Å². The summed E-state index contributed by atoms with van der Waals surface area (Å²) in [7, 11) is -3.44. The fraction of sp³-hybridized carbons (Fsp3) is 0.409. The van der Waals surface area contributed by atoms with Crippen molar-refractivity contribution in [2.24, 2.45) is 0 Å². The molecule has 0 radical (unpaired) electrons. The number of hydrogen-bond donors (Lipinski definition) is 1. The van der Waals surface area contributed by atoms with E-state index in [1.165, 1.54) is 5.56 Å². The molecule has 0 bridgehead atoms. The summed E-state index contributed by atoms with van der Waals surface area (Å²) < 4.78 is 27.1. The smallest absolute Gasteiger partial charge is 0.251 e. The van der Waals surface area contributed by atoms with Crippen LogP contribution in [0.5, 0.6) is 0 Å². The van der Waals surface area contributed by atoms with Crippen LogP contribution in [-0.2, 0) is 10.0 Å². The summed E-state index contributed by atoms with van der Waals surface area (Å²) in [6, 6.07) is 12.7. The van der Waals surface area contributed by atoms with Crippen LogP contribution in [-0.4, -0.2) is 62.8 Å². The van der Waals surface area contributed by atoms with Crippen LogP contribution in [0.25, 0.3) is 0 Å². The molecule has 0 aromatic heterocycles. The first-order valence-corrected chi connectivity index (χ1v) is 11.4. The first kappa shape index (κ1) is 21.5. The Morgan fingerprint density at radius 2 is 1.59 bits per heavy atom. The number of sulfonamides is 1. The highest BCUT2D eigenvalue weighted by atomic mass is 32.2. The van der Waals surface area contributed by atoms with E-state index in [0.717, 1.165) is 11.1 Å². The molecule has 0 unspecified atom stereocenters. The van der Waals surface area contributed by atoms with Crippen molar-refractivity contribution in [2.75, 3.05) is 39.3 Å². The van der Waals surface area contributed by atoms with Crippen LogP contribution in [0.2, 0.25) is 0 Å². The second kappa shape index (κ2) is 9.07. The van der Waals surface area contributed by atoms with Crippen molar-refractivity contribution in [3.8, 4) is 0 Å². The predicted octanol–water partition coefficient (Wildman–Crippen LogP) is 2.35. The Kier molecular flexibility index (Phi) is 6.72. The minimum absolute atomic E-state index is 0.0753. The van der Waals surface area contributed by atoms with Crippen molar-refractivity contribution < 1.29 is 13.2 Å². The van der Waals surface area contributed by atoms with Gasteiger partial charge in [-0.05, 0) is 56.2 Å². The predicted molar refractivity (Wildman–Crippen MR) is 115 cm³/mol. The van der Waals surface area contributed by atoms with Gasteiger partial charge in [0, 0.05) is 44.8 Å². The molecule has 6 nitrogen and oxygen atoms in total. The first-order valence-electron chi connectivity index (χ1n) is 9.92. The zero-order chi connectivity index (χ0) is 21.0. The van der Waals surface area contributed by atoms with Crippen molar-refractivity contribution in [2.45, 2.75) is 25.7 Å². The maximum atomic E-state index is 12.8. The summed E-state index contributed by atoms with van der Waals surface area (Å²) in [4.78, 5) is 14.8. The molecule has 2 aromatic rings. The van der Waals surface area contributed by atoms with Crippen molar-refractivity contribution in [1.82, 2.24) is 14.5 Å². The summed E-state index contributed by atoms with van der Waals surface area (Å²) in [6.45, 7) is 9.43. The fourth-order valence-corrected chi connectivity index (χ4v) is 4.79. The molecule has 0 aliphatic carbocycles. The summed E-state index contributed by atoms with van der Waals surface area (Å²) in [5.74, 6) is -0.0753. The number of piperazine rings is 1. The number of aryl methyl sites for hydroxylation is 3. The lowest BCUT2D eigenvalue weighted by Gasteiger charge is -2.34. The molecular formula is C22H29N3O3S. The summed E-state index contributed by atoms with van der Waals surface area (Å²) >= 11 is 0. The van der Waals surface area contributed by atoms with Gasteiger partial charge in [-0.15, -0.1) is 0 Å². The molecule has 2 aromatic carbocycles. The third-order valence-corrected chi connectivity index (χ3v) is 7.39. The highest BCUT2D eigenvalue weighted by molar-refractivity contribution is 7.89. The van der Waals surface area contributed by atoms with E-state index in [1.807, 2.05) is 51.1 Å². The van der Waals surface area contributed by atoms with Gasteiger partial charge < -0.3 is 5.32 Å². The van der Waals surface area contributed by atoms with Crippen molar-refractivity contribution in [3.63, 3.8) is 0 Å². The van der Waals surface area contributed by atoms with E-state index in [1.54, 1.807) is 16.4 Å². The van der Waals surface area contributed by atoms with E-state index in [-0.39, 0.29) is 5.91 Å². The molecule has 3 rings (SSSR count). The fourth-order valence-electron chi connectivity index (χ4n) is 3.37. The molecule has 0 saturated carbocycles. The molecule has 0 atom stereocenters. The minimum Gasteiger partial charge on any atom is -0.351 e. The highest BCUT2D eigenvalue weighted by Gasteiger charge is 2.28. The summed E-state index contributed by atoms with van der Waals surface area (Å²) in [5, 5.41) is 2.95. The SMILES string of the molecule is Cc1ccc(S(=O)(=O)N2CCN(CCNC(=O)c3ccc(C)c(C)c3)CC2)cc1. The lowest BCUT2D eigenvalue weighted by molar-refractivity contribution is 0.0945. The second-order valence-electron chi connectivity index (χ2n) is 7.61. The van der Waals surface area contributed by atoms with E-state index in [2.05, 4.69) is 10.2 Å². The number of carbonyl (C=O) groups excluding carboxylic acids is 1. The normalized spacial score (nSPS) is 16.0. The topological polar surface area (TPSA) is 69.7 Å². The molecule has 1 N–H and O–H groups in total. The van der Waals surface area contributed by atoms with Crippen LogP contribution in [0.3, 0.4) is 0 Å². The molecule has 29 heavy (non-hydrogen) atoms. The maximum Gasteiger partial charge on any atom is 0.251 e. The Hall–Kier alpha value is -2.22. The second-order valence-corrected chi connectivity index (χ2v) is 9.55. The van der Waals surface area contributed by atoms with E-state index in [9.17, 15) is 13.2 Å². The zero-order valence-corrected chi connectivity index (χ0v) is 18.1. The Morgan fingerprint density at radius 3 is 2.21 bits per heavy atom. The van der Waals surface area contributed by atoms with Gasteiger partial charge in [-0.1, -0.05) is 23.8 Å². The first-order chi connectivity index (χ1) is 13.8. The lowest BCUT2D eigenvalue weighted by atomic mass is 10.1. The van der Waals surface area contributed by atoms with Gasteiger partial charge in [0.15, 0.2) is 0 Å². The molecule has 1 amide bonds. The number of carbonyl (C=O) groups is 1. The molecule has 7 heteroatoms. The highest BCUT2D eigenvalue weighted by Crippen LogP contribution is 2.18. The lowest BCUT2D eigenvalue weighted by Crippen LogP contribution is -2.50. The van der Waals surface area contributed by atoms with Crippen molar-refractivity contribution >= 4 is 15.9 Å². The molecular weight excluding hydrogens is 386 g/mol. The minimum atomic E-state index is -3.44. The van der Waals surface area contributed by atoms with Crippen LogP contribution in [0.1, 0.15) is 27.0 Å². The average Bonchev–Trinajstić information content (AvgIpc) is 2.70. The van der Waals surface area contributed by atoms with Gasteiger partial charge in [0.05, 0.1) is 4.90 Å². The van der Waals surface area contributed by atoms with Gasteiger partial charge in [0.25, 0.3) is 5.91 Å². The van der Waals surface area contributed by atoms with E-state index >= 15 is 0 Å². The molecule has 1 fully saturated rings. The van der Waals surface area contributed by atoms with Gasteiger partial charge in [0.1, 0.15) is 0 Å². The van der Waals surface area contributed by atoms with Crippen LogP contribution in [0.4, 0.5) is 0 Å². The van der Waals surface area contributed by atoms with Crippen LogP contribution in [0.15, 0.2) is 47.4 Å². The van der Waals surface area contributed by atoms with Gasteiger partial charge in [-0.2, -0.15) is 4.31 Å². The van der Waals surface area contributed by atoms with E-state index in [4.69, 9.17) is 0 Å².